The number of halogens is 1. The van der Waals surface area contributed by atoms with E-state index < -0.39 is 16.5 Å². The maximum Gasteiger partial charge on any atom is 0.269 e. The fourth-order valence-electron chi connectivity index (χ4n) is 2.23. The molecule has 1 aromatic heterocycles. The van der Waals surface area contributed by atoms with Crippen LogP contribution in [0.1, 0.15) is 26.4 Å². The van der Waals surface area contributed by atoms with Crippen molar-refractivity contribution in [1.29, 1.82) is 0 Å². The van der Waals surface area contributed by atoms with E-state index in [0.29, 0.717) is 5.56 Å². The lowest BCUT2D eigenvalue weighted by Gasteiger charge is -2.16. The molecule has 0 spiro atoms. The summed E-state index contributed by atoms with van der Waals surface area (Å²) in [5.74, 6) is -0.966. The molecule has 1 aromatic carbocycles. The first-order valence-electron chi connectivity index (χ1n) is 6.19. The summed E-state index contributed by atoms with van der Waals surface area (Å²) >= 11 is 6.03. The van der Waals surface area contributed by atoms with Gasteiger partial charge in [0.15, 0.2) is 5.78 Å². The van der Waals surface area contributed by atoms with E-state index in [4.69, 9.17) is 11.6 Å². The summed E-state index contributed by atoms with van der Waals surface area (Å²) in [5, 5.41) is 10.4. The van der Waals surface area contributed by atoms with Crippen LogP contribution in [-0.4, -0.2) is 21.5 Å². The van der Waals surface area contributed by atoms with E-state index >= 15 is 0 Å². The van der Waals surface area contributed by atoms with E-state index in [1.54, 1.807) is 6.07 Å². The second-order valence-electron chi connectivity index (χ2n) is 4.55. The Morgan fingerprint density at radius 2 is 1.73 bits per heavy atom. The summed E-state index contributed by atoms with van der Waals surface area (Å²) in [7, 11) is 0. The zero-order valence-corrected chi connectivity index (χ0v) is 11.7. The molecule has 22 heavy (non-hydrogen) atoms. The van der Waals surface area contributed by atoms with Crippen molar-refractivity contribution in [2.24, 2.45) is 0 Å². The molecule has 0 atom stereocenters. The average molecular weight is 315 g/mol. The largest absolute Gasteiger partial charge is 0.288 e. The third kappa shape index (κ3) is 2.10. The molecule has 2 aromatic rings. The molecular formula is C15H7ClN2O4. The van der Waals surface area contributed by atoms with Gasteiger partial charge in [0.1, 0.15) is 10.7 Å². The van der Waals surface area contributed by atoms with E-state index in [9.17, 15) is 19.7 Å². The lowest BCUT2D eigenvalue weighted by Crippen LogP contribution is -2.20. The van der Waals surface area contributed by atoms with Gasteiger partial charge >= 0.3 is 0 Å². The van der Waals surface area contributed by atoms with Crippen molar-refractivity contribution >= 4 is 34.4 Å². The molecule has 0 unspecified atom stereocenters. The minimum absolute atomic E-state index is 0.0168. The number of ketones is 2. The predicted octanol–water partition coefficient (Wildman–Crippen LogP) is 3.02. The Bertz CT molecular complexity index is 856. The molecule has 1 aliphatic carbocycles. The van der Waals surface area contributed by atoms with Crippen LogP contribution < -0.4 is 0 Å². The average Bonchev–Trinajstić information content (AvgIpc) is 2.53. The summed E-state index contributed by atoms with van der Waals surface area (Å²) in [5.41, 5.74) is 0.455. The molecule has 0 bridgehead atoms. The van der Waals surface area contributed by atoms with Crippen molar-refractivity contribution in [2.75, 3.05) is 0 Å². The van der Waals surface area contributed by atoms with Crippen molar-refractivity contribution in [2.45, 2.75) is 0 Å². The molecule has 0 saturated heterocycles. The van der Waals surface area contributed by atoms with E-state index in [2.05, 4.69) is 4.98 Å². The second kappa shape index (κ2) is 5.16. The SMILES string of the molecule is O=C1C(c2ccc([N+](=O)[O-])cc2)=C(Cl)C(=O)c2ncccc21. The summed E-state index contributed by atoms with van der Waals surface area (Å²) < 4.78 is 0. The quantitative estimate of drug-likeness (QED) is 0.627. The second-order valence-corrected chi connectivity index (χ2v) is 4.93. The van der Waals surface area contributed by atoms with Gasteiger partial charge in [0, 0.05) is 18.3 Å². The number of allylic oxidation sites excluding steroid dienone is 2. The molecule has 1 aliphatic rings. The third-order valence-electron chi connectivity index (χ3n) is 3.28. The predicted molar refractivity (Wildman–Crippen MR) is 78.8 cm³/mol. The number of hydrogen-bond donors (Lipinski definition) is 0. The molecule has 6 nitrogen and oxygen atoms in total. The number of hydrogen-bond acceptors (Lipinski definition) is 5. The number of pyridine rings is 1. The third-order valence-corrected chi connectivity index (χ3v) is 3.64. The maximum absolute atomic E-state index is 12.5. The molecule has 0 fully saturated rings. The highest BCUT2D eigenvalue weighted by Gasteiger charge is 2.33. The Morgan fingerprint density at radius 3 is 2.36 bits per heavy atom. The first kappa shape index (κ1) is 14.1. The number of carbonyl (C=O) groups excluding carboxylic acids is 2. The Balaban J connectivity index is 2.14. The topological polar surface area (TPSA) is 90.2 Å². The monoisotopic (exact) mass is 314 g/mol. The molecule has 0 N–H and O–H groups in total. The van der Waals surface area contributed by atoms with Gasteiger partial charge in [-0.15, -0.1) is 0 Å². The van der Waals surface area contributed by atoms with Crippen LogP contribution in [0.2, 0.25) is 0 Å². The number of nitrogens with zero attached hydrogens (tertiary/aromatic N) is 2. The summed E-state index contributed by atoms with van der Waals surface area (Å²) in [6.45, 7) is 0. The van der Waals surface area contributed by atoms with Gasteiger partial charge in [-0.25, -0.2) is 0 Å². The number of aromatic nitrogens is 1. The highest BCUT2D eigenvalue weighted by molar-refractivity contribution is 6.56. The highest BCUT2D eigenvalue weighted by Crippen LogP contribution is 2.33. The first-order valence-corrected chi connectivity index (χ1v) is 6.57. The lowest BCUT2D eigenvalue weighted by atomic mass is 9.88. The smallest absolute Gasteiger partial charge is 0.269 e. The number of nitro benzene ring substituents is 1. The van der Waals surface area contributed by atoms with E-state index in [-0.39, 0.29) is 27.6 Å². The van der Waals surface area contributed by atoms with Gasteiger partial charge in [-0.3, -0.25) is 24.7 Å². The fraction of sp³-hybridized carbons (Fsp3) is 0. The van der Waals surface area contributed by atoms with Gasteiger partial charge in [0.25, 0.3) is 5.69 Å². The Hall–Kier alpha value is -2.86. The Kier molecular flexibility index (Phi) is 3.30. The van der Waals surface area contributed by atoms with Gasteiger partial charge in [-0.2, -0.15) is 0 Å². The van der Waals surface area contributed by atoms with Gasteiger partial charge in [-0.1, -0.05) is 11.6 Å². The maximum atomic E-state index is 12.5. The number of non-ortho nitro benzene ring substituents is 1. The normalized spacial score (nSPS) is 14.0. The van der Waals surface area contributed by atoms with Gasteiger partial charge in [-0.05, 0) is 29.8 Å². The molecule has 0 saturated carbocycles. The number of rotatable bonds is 2. The minimum atomic E-state index is -0.549. The van der Waals surface area contributed by atoms with E-state index in [0.717, 1.165) is 0 Å². The number of fused-ring (bicyclic) bond motifs is 1. The Morgan fingerprint density at radius 1 is 1.05 bits per heavy atom. The van der Waals surface area contributed by atoms with Crippen molar-refractivity contribution in [3.63, 3.8) is 0 Å². The van der Waals surface area contributed by atoms with Crippen molar-refractivity contribution in [3.05, 3.63) is 74.6 Å². The van der Waals surface area contributed by atoms with Crippen molar-refractivity contribution in [1.82, 2.24) is 4.98 Å². The van der Waals surface area contributed by atoms with Crippen LogP contribution in [0.5, 0.6) is 0 Å². The first-order chi connectivity index (χ1) is 10.5. The standard InChI is InChI=1S/C15H7ClN2O4/c16-12-11(8-3-5-9(6-4-8)18(21)22)14(19)10-2-1-7-17-13(10)15(12)20/h1-7H. The Labute approximate surface area is 129 Å². The van der Waals surface area contributed by atoms with Gasteiger partial charge < -0.3 is 0 Å². The molecule has 0 radical (unpaired) electrons. The van der Waals surface area contributed by atoms with Crippen LogP contribution >= 0.6 is 11.6 Å². The molecule has 108 valence electrons. The molecular weight excluding hydrogens is 308 g/mol. The summed E-state index contributed by atoms with van der Waals surface area (Å²) in [4.78, 5) is 38.7. The van der Waals surface area contributed by atoms with Crippen LogP contribution in [-0.2, 0) is 0 Å². The molecule has 0 aliphatic heterocycles. The van der Waals surface area contributed by atoms with E-state index in [1.807, 2.05) is 0 Å². The van der Waals surface area contributed by atoms with Crippen LogP contribution in [0.25, 0.3) is 5.57 Å². The van der Waals surface area contributed by atoms with Gasteiger partial charge in [0.05, 0.1) is 16.1 Å². The van der Waals surface area contributed by atoms with Crippen LogP contribution in [0.3, 0.4) is 0 Å². The van der Waals surface area contributed by atoms with E-state index in [1.165, 1.54) is 36.5 Å². The van der Waals surface area contributed by atoms with Crippen LogP contribution in [0.4, 0.5) is 5.69 Å². The zero-order valence-electron chi connectivity index (χ0n) is 10.9. The van der Waals surface area contributed by atoms with Crippen molar-refractivity contribution in [3.8, 4) is 0 Å². The van der Waals surface area contributed by atoms with Crippen LogP contribution in [0, 0.1) is 10.1 Å². The van der Waals surface area contributed by atoms with Crippen molar-refractivity contribution < 1.29 is 14.5 Å². The number of nitro groups is 1. The fourth-order valence-corrected chi connectivity index (χ4v) is 2.51. The van der Waals surface area contributed by atoms with Crippen LogP contribution in [0.15, 0.2) is 47.6 Å². The number of benzene rings is 1. The molecule has 7 heteroatoms. The highest BCUT2D eigenvalue weighted by atomic mass is 35.5. The molecule has 0 amide bonds. The number of carbonyl (C=O) groups is 2. The number of Topliss-reactive ketones (excluding diaryl/α,β-unsaturated/α-hetero) is 2. The summed E-state index contributed by atoms with van der Waals surface area (Å²) in [6.07, 6.45) is 1.41. The minimum Gasteiger partial charge on any atom is -0.288 e. The lowest BCUT2D eigenvalue weighted by molar-refractivity contribution is -0.384. The molecule has 3 rings (SSSR count). The molecule has 1 heterocycles. The zero-order chi connectivity index (χ0) is 15.9. The summed E-state index contributed by atoms with van der Waals surface area (Å²) in [6, 6.07) is 8.34. The van der Waals surface area contributed by atoms with Gasteiger partial charge in [0.2, 0.25) is 5.78 Å².